The van der Waals surface area contributed by atoms with Crippen LogP contribution < -0.4 is 5.73 Å². The minimum atomic E-state index is -0.326. The lowest BCUT2D eigenvalue weighted by molar-refractivity contribution is -0.0343. The topological polar surface area (TPSA) is 51.4 Å². The molecule has 112 valence electrons. The third-order valence-corrected chi connectivity index (χ3v) is 3.93. The summed E-state index contributed by atoms with van der Waals surface area (Å²) in [6, 6.07) is 2.92. The number of nitrogens with zero attached hydrogens (tertiary/aromatic N) is 2. The fraction of sp³-hybridized carbons (Fsp3) is 0.667. The molecule has 0 amide bonds. The number of hydrogen-bond acceptors (Lipinski definition) is 4. The number of morpholine rings is 1. The van der Waals surface area contributed by atoms with Crippen molar-refractivity contribution in [3.8, 4) is 0 Å². The van der Waals surface area contributed by atoms with Gasteiger partial charge in [-0.05, 0) is 24.5 Å². The van der Waals surface area contributed by atoms with Crippen molar-refractivity contribution in [2.45, 2.75) is 32.4 Å². The fourth-order valence-corrected chi connectivity index (χ4v) is 2.59. The van der Waals surface area contributed by atoms with Gasteiger partial charge in [0.05, 0.1) is 30.6 Å². The highest BCUT2D eigenvalue weighted by molar-refractivity contribution is 5.10. The molecule has 1 aromatic rings. The van der Waals surface area contributed by atoms with Crippen LogP contribution in [0.2, 0.25) is 0 Å². The van der Waals surface area contributed by atoms with Crippen molar-refractivity contribution in [3.63, 3.8) is 0 Å². The van der Waals surface area contributed by atoms with Crippen LogP contribution in [0.5, 0.6) is 0 Å². The number of halogens is 1. The number of aromatic nitrogens is 1. The van der Waals surface area contributed by atoms with Crippen molar-refractivity contribution >= 4 is 0 Å². The van der Waals surface area contributed by atoms with E-state index in [0.29, 0.717) is 6.10 Å². The van der Waals surface area contributed by atoms with Crippen LogP contribution in [0.4, 0.5) is 4.39 Å². The van der Waals surface area contributed by atoms with E-state index >= 15 is 0 Å². The maximum Gasteiger partial charge on any atom is 0.141 e. The molecule has 1 aliphatic heterocycles. The number of hydrogen-bond donors (Lipinski definition) is 1. The Hall–Kier alpha value is -1.04. The summed E-state index contributed by atoms with van der Waals surface area (Å²) in [5.74, 6) is -0.0591. The van der Waals surface area contributed by atoms with Crippen molar-refractivity contribution < 1.29 is 9.13 Å². The van der Waals surface area contributed by atoms with Crippen molar-refractivity contribution in [3.05, 3.63) is 29.8 Å². The molecule has 2 N–H and O–H groups in total. The van der Waals surface area contributed by atoms with E-state index in [0.717, 1.165) is 38.4 Å². The number of rotatable bonds is 5. The van der Waals surface area contributed by atoms with Crippen LogP contribution in [-0.4, -0.2) is 42.2 Å². The monoisotopic (exact) mass is 281 g/mol. The van der Waals surface area contributed by atoms with Crippen LogP contribution in [0, 0.1) is 11.7 Å². The second kappa shape index (κ2) is 7.11. The largest absolute Gasteiger partial charge is 0.376 e. The van der Waals surface area contributed by atoms with Crippen LogP contribution in [-0.2, 0) is 4.74 Å². The smallest absolute Gasteiger partial charge is 0.141 e. The summed E-state index contributed by atoms with van der Waals surface area (Å²) in [5, 5.41) is 0. The van der Waals surface area contributed by atoms with Gasteiger partial charge in [-0.15, -0.1) is 0 Å². The SMILES string of the molecule is CCC1CN(CC(C)C(N)c2ccc(F)cn2)CCO1. The lowest BCUT2D eigenvalue weighted by atomic mass is 9.98. The van der Waals surface area contributed by atoms with Gasteiger partial charge in [-0.3, -0.25) is 9.88 Å². The van der Waals surface area contributed by atoms with Gasteiger partial charge in [-0.2, -0.15) is 0 Å². The van der Waals surface area contributed by atoms with Crippen molar-refractivity contribution in [2.24, 2.45) is 11.7 Å². The third kappa shape index (κ3) is 3.98. The predicted octanol–water partition coefficient (Wildman–Crippen LogP) is 1.97. The summed E-state index contributed by atoms with van der Waals surface area (Å²) in [6.45, 7) is 7.88. The zero-order valence-electron chi connectivity index (χ0n) is 12.3. The summed E-state index contributed by atoms with van der Waals surface area (Å²) in [6.07, 6.45) is 2.59. The first kappa shape index (κ1) is 15.4. The standard InChI is InChI=1S/C15H24FN3O/c1-3-13-10-19(6-7-20-13)9-11(2)15(17)14-5-4-12(16)8-18-14/h4-5,8,11,13,15H,3,6-7,9-10,17H2,1-2H3. The van der Waals surface area contributed by atoms with Gasteiger partial charge in [-0.1, -0.05) is 13.8 Å². The molecular formula is C15H24FN3O. The van der Waals surface area contributed by atoms with Crippen LogP contribution >= 0.6 is 0 Å². The van der Waals surface area contributed by atoms with Crippen LogP contribution in [0.25, 0.3) is 0 Å². The lowest BCUT2D eigenvalue weighted by Gasteiger charge is -2.35. The Balaban J connectivity index is 1.90. The average Bonchev–Trinajstić information content (AvgIpc) is 2.47. The Kier molecular flexibility index (Phi) is 5.46. The lowest BCUT2D eigenvalue weighted by Crippen LogP contribution is -2.45. The van der Waals surface area contributed by atoms with Gasteiger partial charge in [-0.25, -0.2) is 4.39 Å². The summed E-state index contributed by atoms with van der Waals surface area (Å²) in [5.41, 5.74) is 6.98. The second-order valence-corrected chi connectivity index (χ2v) is 5.56. The quantitative estimate of drug-likeness (QED) is 0.896. The van der Waals surface area contributed by atoms with E-state index in [1.165, 1.54) is 12.3 Å². The molecule has 1 aromatic heterocycles. The third-order valence-electron chi connectivity index (χ3n) is 3.93. The Morgan fingerprint density at radius 1 is 1.55 bits per heavy atom. The molecule has 0 aliphatic carbocycles. The Labute approximate surface area is 120 Å². The van der Waals surface area contributed by atoms with E-state index < -0.39 is 0 Å². The minimum Gasteiger partial charge on any atom is -0.376 e. The van der Waals surface area contributed by atoms with Gasteiger partial charge in [0.2, 0.25) is 0 Å². The molecule has 0 radical (unpaired) electrons. The highest BCUT2D eigenvalue weighted by Gasteiger charge is 2.23. The van der Waals surface area contributed by atoms with E-state index in [2.05, 4.69) is 23.7 Å². The maximum atomic E-state index is 12.9. The van der Waals surface area contributed by atoms with E-state index in [1.807, 2.05) is 0 Å². The van der Waals surface area contributed by atoms with E-state index in [1.54, 1.807) is 6.07 Å². The first-order valence-corrected chi connectivity index (χ1v) is 7.31. The molecule has 1 fully saturated rings. The molecule has 4 nitrogen and oxygen atoms in total. The summed E-state index contributed by atoms with van der Waals surface area (Å²) >= 11 is 0. The van der Waals surface area contributed by atoms with Gasteiger partial charge in [0.15, 0.2) is 0 Å². The Morgan fingerprint density at radius 2 is 2.35 bits per heavy atom. The summed E-state index contributed by atoms with van der Waals surface area (Å²) in [7, 11) is 0. The molecule has 1 aliphatic rings. The van der Waals surface area contributed by atoms with Gasteiger partial charge in [0.1, 0.15) is 5.82 Å². The van der Waals surface area contributed by atoms with Crippen LogP contribution in [0.15, 0.2) is 18.3 Å². The molecule has 1 saturated heterocycles. The second-order valence-electron chi connectivity index (χ2n) is 5.56. The van der Waals surface area contributed by atoms with E-state index in [-0.39, 0.29) is 17.8 Å². The molecule has 0 aromatic carbocycles. The van der Waals surface area contributed by atoms with Crippen molar-refractivity contribution in [2.75, 3.05) is 26.2 Å². The highest BCUT2D eigenvalue weighted by Crippen LogP contribution is 2.20. The average molecular weight is 281 g/mol. The number of nitrogens with two attached hydrogens (primary N) is 1. The van der Waals surface area contributed by atoms with Gasteiger partial charge in [0, 0.05) is 19.6 Å². The Morgan fingerprint density at radius 3 is 3.00 bits per heavy atom. The zero-order valence-corrected chi connectivity index (χ0v) is 12.3. The van der Waals surface area contributed by atoms with Gasteiger partial charge >= 0.3 is 0 Å². The fourth-order valence-electron chi connectivity index (χ4n) is 2.59. The molecule has 5 heteroatoms. The predicted molar refractivity (Wildman–Crippen MR) is 76.8 cm³/mol. The number of pyridine rings is 1. The van der Waals surface area contributed by atoms with E-state index in [9.17, 15) is 4.39 Å². The minimum absolute atomic E-state index is 0.168. The van der Waals surface area contributed by atoms with E-state index in [4.69, 9.17) is 10.5 Å². The van der Waals surface area contributed by atoms with Gasteiger partial charge < -0.3 is 10.5 Å². The molecular weight excluding hydrogens is 257 g/mol. The molecule has 3 unspecified atom stereocenters. The molecule has 20 heavy (non-hydrogen) atoms. The summed E-state index contributed by atoms with van der Waals surface area (Å²) < 4.78 is 18.6. The first-order valence-electron chi connectivity index (χ1n) is 7.31. The molecule has 0 bridgehead atoms. The molecule has 0 saturated carbocycles. The van der Waals surface area contributed by atoms with Crippen molar-refractivity contribution in [1.82, 2.24) is 9.88 Å². The first-order chi connectivity index (χ1) is 9.60. The molecule has 2 heterocycles. The molecule has 3 atom stereocenters. The molecule has 0 spiro atoms. The normalized spacial score (nSPS) is 23.5. The van der Waals surface area contributed by atoms with Crippen LogP contribution in [0.1, 0.15) is 32.0 Å². The zero-order chi connectivity index (χ0) is 14.5. The highest BCUT2D eigenvalue weighted by atomic mass is 19.1. The Bertz CT molecular complexity index is 412. The van der Waals surface area contributed by atoms with Crippen LogP contribution in [0.3, 0.4) is 0 Å². The molecule has 2 rings (SSSR count). The van der Waals surface area contributed by atoms with Gasteiger partial charge in [0.25, 0.3) is 0 Å². The maximum absolute atomic E-state index is 12.9. The summed E-state index contributed by atoms with van der Waals surface area (Å²) in [4.78, 5) is 6.47. The van der Waals surface area contributed by atoms with Crippen molar-refractivity contribution in [1.29, 1.82) is 0 Å². The number of ether oxygens (including phenoxy) is 1.